The van der Waals surface area contributed by atoms with Crippen LogP contribution in [-0.4, -0.2) is 32.7 Å². The molecule has 0 saturated heterocycles. The van der Waals surface area contributed by atoms with Crippen LogP contribution in [0.25, 0.3) is 0 Å². The van der Waals surface area contributed by atoms with Gasteiger partial charge in [0.1, 0.15) is 0 Å². The maximum Gasteiger partial charge on any atom is 0.231 e. The van der Waals surface area contributed by atoms with Gasteiger partial charge in [-0.25, -0.2) is 0 Å². The summed E-state index contributed by atoms with van der Waals surface area (Å²) in [6.45, 7) is 0.690. The number of benzene rings is 2. The number of methoxy groups -OCH3 is 2. The summed E-state index contributed by atoms with van der Waals surface area (Å²) < 4.78 is 21.1. The van der Waals surface area contributed by atoms with E-state index in [-0.39, 0.29) is 12.7 Å². The fraction of sp³-hybridized carbons (Fsp3) is 0.278. The quantitative estimate of drug-likeness (QED) is 0.765. The molecule has 0 saturated carbocycles. The van der Waals surface area contributed by atoms with Crippen molar-refractivity contribution < 1.29 is 23.7 Å². The van der Waals surface area contributed by atoms with E-state index in [9.17, 15) is 4.79 Å². The Balaban J connectivity index is 1.50. The van der Waals surface area contributed by atoms with Crippen molar-refractivity contribution >= 4 is 17.7 Å². The van der Waals surface area contributed by atoms with Gasteiger partial charge in [0.15, 0.2) is 23.0 Å². The summed E-state index contributed by atoms with van der Waals surface area (Å²) in [5.41, 5.74) is 0.966. The second kappa shape index (κ2) is 8.02. The molecule has 0 unspecified atom stereocenters. The van der Waals surface area contributed by atoms with Crippen LogP contribution >= 0.6 is 11.8 Å². The average Bonchev–Trinajstić information content (AvgIpc) is 3.12. The smallest absolute Gasteiger partial charge is 0.231 e. The SMILES string of the molecule is COc1ccc(SCC(=O)NCc2ccc3c(c2)OCO3)cc1OC. The van der Waals surface area contributed by atoms with Gasteiger partial charge in [-0.2, -0.15) is 0 Å². The van der Waals surface area contributed by atoms with E-state index >= 15 is 0 Å². The first-order valence-corrected chi connectivity index (χ1v) is 8.68. The fourth-order valence-electron chi connectivity index (χ4n) is 2.36. The van der Waals surface area contributed by atoms with E-state index in [1.165, 1.54) is 11.8 Å². The summed E-state index contributed by atoms with van der Waals surface area (Å²) in [4.78, 5) is 13.0. The molecule has 2 aromatic rings. The molecular weight excluding hydrogens is 342 g/mol. The van der Waals surface area contributed by atoms with Crippen LogP contribution in [-0.2, 0) is 11.3 Å². The molecule has 1 amide bonds. The minimum absolute atomic E-state index is 0.0440. The van der Waals surface area contributed by atoms with Crippen LogP contribution in [0, 0.1) is 0 Å². The molecule has 3 rings (SSSR count). The van der Waals surface area contributed by atoms with Crippen molar-refractivity contribution in [2.75, 3.05) is 26.8 Å². The second-order valence-corrected chi connectivity index (χ2v) is 6.32. The third kappa shape index (κ3) is 4.30. The molecule has 7 heteroatoms. The number of rotatable bonds is 7. The molecule has 1 aliphatic rings. The normalized spacial score (nSPS) is 11.9. The van der Waals surface area contributed by atoms with Crippen molar-refractivity contribution in [3.05, 3.63) is 42.0 Å². The number of hydrogen-bond acceptors (Lipinski definition) is 6. The number of carbonyl (C=O) groups excluding carboxylic acids is 1. The zero-order valence-corrected chi connectivity index (χ0v) is 14.9. The highest BCUT2D eigenvalue weighted by Gasteiger charge is 2.13. The van der Waals surface area contributed by atoms with Crippen LogP contribution in [0.3, 0.4) is 0 Å². The summed E-state index contributed by atoms with van der Waals surface area (Å²) >= 11 is 1.44. The Labute approximate surface area is 150 Å². The van der Waals surface area contributed by atoms with Crippen molar-refractivity contribution in [1.82, 2.24) is 5.32 Å². The van der Waals surface area contributed by atoms with Gasteiger partial charge in [0.05, 0.1) is 20.0 Å². The molecule has 1 aliphatic heterocycles. The van der Waals surface area contributed by atoms with Crippen molar-refractivity contribution in [2.24, 2.45) is 0 Å². The molecule has 0 fully saturated rings. The number of amides is 1. The first-order chi connectivity index (χ1) is 12.2. The number of hydrogen-bond donors (Lipinski definition) is 1. The van der Waals surface area contributed by atoms with E-state index in [2.05, 4.69) is 5.32 Å². The first kappa shape index (κ1) is 17.3. The predicted octanol–water partition coefficient (Wildman–Crippen LogP) is 2.84. The third-order valence-corrected chi connectivity index (χ3v) is 4.65. The van der Waals surface area contributed by atoms with Gasteiger partial charge in [-0.15, -0.1) is 11.8 Å². The Hall–Kier alpha value is -2.54. The molecule has 0 radical (unpaired) electrons. The van der Waals surface area contributed by atoms with Crippen molar-refractivity contribution in [1.29, 1.82) is 0 Å². The molecule has 1 N–H and O–H groups in total. The fourth-order valence-corrected chi connectivity index (χ4v) is 3.11. The third-order valence-electron chi connectivity index (χ3n) is 3.65. The molecule has 6 nitrogen and oxygen atoms in total. The van der Waals surface area contributed by atoms with E-state index in [4.69, 9.17) is 18.9 Å². The second-order valence-electron chi connectivity index (χ2n) is 5.27. The van der Waals surface area contributed by atoms with Gasteiger partial charge in [-0.1, -0.05) is 6.07 Å². The lowest BCUT2D eigenvalue weighted by atomic mass is 10.2. The highest BCUT2D eigenvalue weighted by Crippen LogP contribution is 2.33. The molecule has 0 bridgehead atoms. The molecule has 132 valence electrons. The van der Waals surface area contributed by atoms with Gasteiger partial charge >= 0.3 is 0 Å². The van der Waals surface area contributed by atoms with Gasteiger partial charge < -0.3 is 24.3 Å². The van der Waals surface area contributed by atoms with Crippen LogP contribution in [0.1, 0.15) is 5.56 Å². The lowest BCUT2D eigenvalue weighted by Gasteiger charge is -2.09. The Bertz CT molecular complexity index is 765. The Kier molecular flexibility index (Phi) is 5.55. The summed E-state index contributed by atoms with van der Waals surface area (Å²) in [7, 11) is 3.18. The standard InChI is InChI=1S/C18H19NO5S/c1-21-14-6-4-13(8-16(14)22-2)25-10-18(20)19-9-12-3-5-15-17(7-12)24-11-23-15/h3-8H,9-11H2,1-2H3,(H,19,20). The average molecular weight is 361 g/mol. The summed E-state index contributed by atoms with van der Waals surface area (Å²) in [5.74, 6) is 3.04. The van der Waals surface area contributed by atoms with Crippen molar-refractivity contribution in [3.63, 3.8) is 0 Å². The summed E-state index contributed by atoms with van der Waals surface area (Å²) in [5, 5.41) is 2.90. The minimum atomic E-state index is -0.0440. The van der Waals surface area contributed by atoms with Crippen LogP contribution in [0.5, 0.6) is 23.0 Å². The number of nitrogens with one attached hydrogen (secondary N) is 1. The number of thioether (sulfide) groups is 1. The lowest BCUT2D eigenvalue weighted by molar-refractivity contribution is -0.118. The monoisotopic (exact) mass is 361 g/mol. The topological polar surface area (TPSA) is 66.0 Å². The zero-order chi connectivity index (χ0) is 17.6. The Morgan fingerprint density at radius 1 is 1.08 bits per heavy atom. The van der Waals surface area contributed by atoms with Gasteiger partial charge in [0.25, 0.3) is 0 Å². The van der Waals surface area contributed by atoms with E-state index in [0.29, 0.717) is 29.5 Å². The van der Waals surface area contributed by atoms with Crippen molar-refractivity contribution in [2.45, 2.75) is 11.4 Å². The summed E-state index contributed by atoms with van der Waals surface area (Å²) in [6, 6.07) is 11.2. The minimum Gasteiger partial charge on any atom is -0.493 e. The molecule has 0 aromatic heterocycles. The van der Waals surface area contributed by atoms with Crippen molar-refractivity contribution in [3.8, 4) is 23.0 Å². The molecular formula is C18H19NO5S. The maximum absolute atomic E-state index is 12.1. The highest BCUT2D eigenvalue weighted by atomic mass is 32.2. The Morgan fingerprint density at radius 2 is 1.88 bits per heavy atom. The van der Waals surface area contributed by atoms with E-state index in [1.807, 2.05) is 36.4 Å². The van der Waals surface area contributed by atoms with Gasteiger partial charge in [-0.3, -0.25) is 4.79 Å². The number of carbonyl (C=O) groups is 1. The first-order valence-electron chi connectivity index (χ1n) is 7.69. The van der Waals surface area contributed by atoms with Crippen LogP contribution in [0.15, 0.2) is 41.3 Å². The van der Waals surface area contributed by atoms with Gasteiger partial charge in [0, 0.05) is 11.4 Å². The molecule has 0 atom stereocenters. The van der Waals surface area contributed by atoms with E-state index in [1.54, 1.807) is 14.2 Å². The largest absolute Gasteiger partial charge is 0.493 e. The molecule has 2 aromatic carbocycles. The molecule has 1 heterocycles. The molecule has 25 heavy (non-hydrogen) atoms. The Morgan fingerprint density at radius 3 is 2.68 bits per heavy atom. The zero-order valence-electron chi connectivity index (χ0n) is 14.0. The maximum atomic E-state index is 12.1. The van der Waals surface area contributed by atoms with Gasteiger partial charge in [-0.05, 0) is 35.9 Å². The number of fused-ring (bicyclic) bond motifs is 1. The number of ether oxygens (including phenoxy) is 4. The van der Waals surface area contributed by atoms with Crippen LogP contribution in [0.2, 0.25) is 0 Å². The molecule has 0 aliphatic carbocycles. The van der Waals surface area contributed by atoms with Gasteiger partial charge in [0.2, 0.25) is 12.7 Å². The highest BCUT2D eigenvalue weighted by molar-refractivity contribution is 8.00. The lowest BCUT2D eigenvalue weighted by Crippen LogP contribution is -2.24. The molecule has 0 spiro atoms. The summed E-state index contributed by atoms with van der Waals surface area (Å²) in [6.07, 6.45) is 0. The van der Waals surface area contributed by atoms with E-state index in [0.717, 1.165) is 16.2 Å². The van der Waals surface area contributed by atoms with Crippen LogP contribution < -0.4 is 24.3 Å². The van der Waals surface area contributed by atoms with E-state index < -0.39 is 0 Å². The predicted molar refractivity (Wildman–Crippen MR) is 94.7 cm³/mol. The van der Waals surface area contributed by atoms with Crippen LogP contribution in [0.4, 0.5) is 0 Å².